The number of aliphatic hydroxyl groups is 1. The van der Waals surface area contributed by atoms with Crippen molar-refractivity contribution in [2.75, 3.05) is 6.61 Å². The van der Waals surface area contributed by atoms with Crippen molar-refractivity contribution >= 4 is 21.6 Å². The molecule has 2 unspecified atom stereocenters. The molecule has 3 nitrogen and oxygen atoms in total. The van der Waals surface area contributed by atoms with E-state index in [0.717, 1.165) is 16.9 Å². The molecule has 0 fully saturated rings. The molecule has 2 N–H and O–H groups in total. The van der Waals surface area contributed by atoms with Crippen molar-refractivity contribution in [3.05, 3.63) is 29.3 Å². The minimum absolute atomic E-state index is 0.219. The summed E-state index contributed by atoms with van der Waals surface area (Å²) in [5, 5.41) is 13.8. The Morgan fingerprint density at radius 1 is 1.26 bits per heavy atom. The summed E-state index contributed by atoms with van der Waals surface area (Å²) < 4.78 is 1.23. The first-order valence-electron chi connectivity index (χ1n) is 6.84. The van der Waals surface area contributed by atoms with Crippen molar-refractivity contribution in [1.29, 1.82) is 0 Å². The highest BCUT2D eigenvalue weighted by molar-refractivity contribution is 7.18. The van der Waals surface area contributed by atoms with Crippen molar-refractivity contribution in [3.63, 3.8) is 0 Å². The van der Waals surface area contributed by atoms with E-state index >= 15 is 0 Å². The monoisotopic (exact) mass is 278 g/mol. The zero-order valence-electron chi connectivity index (χ0n) is 11.8. The normalized spacial score (nSPS) is 15.0. The number of hydrogen-bond acceptors (Lipinski definition) is 4. The Bertz CT molecular complexity index is 491. The quantitative estimate of drug-likeness (QED) is 0.851. The number of fused-ring (bicyclic) bond motifs is 1. The van der Waals surface area contributed by atoms with E-state index in [1.54, 1.807) is 11.3 Å². The largest absolute Gasteiger partial charge is 0.396 e. The number of aliphatic hydroxyl groups excluding tert-OH is 1. The lowest BCUT2D eigenvalue weighted by Crippen LogP contribution is -2.36. The summed E-state index contributed by atoms with van der Waals surface area (Å²) in [4.78, 5) is 4.68. The zero-order chi connectivity index (χ0) is 13.8. The van der Waals surface area contributed by atoms with Gasteiger partial charge in [-0.3, -0.25) is 0 Å². The van der Waals surface area contributed by atoms with E-state index < -0.39 is 0 Å². The highest BCUT2D eigenvalue weighted by Crippen LogP contribution is 2.26. The van der Waals surface area contributed by atoms with Crippen LogP contribution in [0.25, 0.3) is 10.2 Å². The molecule has 0 aliphatic rings. The predicted molar refractivity (Wildman–Crippen MR) is 81.5 cm³/mol. The van der Waals surface area contributed by atoms with Gasteiger partial charge in [-0.15, -0.1) is 11.3 Å². The predicted octanol–water partition coefficient (Wildman–Crippen LogP) is 3.35. The fourth-order valence-corrected chi connectivity index (χ4v) is 3.19. The molecule has 4 heteroatoms. The number of nitrogens with zero attached hydrogens (tertiary/aromatic N) is 1. The van der Waals surface area contributed by atoms with E-state index in [2.05, 4.69) is 43.2 Å². The molecule has 1 heterocycles. The molecule has 2 rings (SSSR count). The lowest BCUT2D eigenvalue weighted by molar-refractivity contribution is 0.237. The summed E-state index contributed by atoms with van der Waals surface area (Å²) in [7, 11) is 0. The van der Waals surface area contributed by atoms with Gasteiger partial charge in [0, 0.05) is 12.6 Å². The molecule has 1 aromatic heterocycles. The van der Waals surface area contributed by atoms with Crippen LogP contribution in [0.15, 0.2) is 24.3 Å². The molecule has 0 saturated carbocycles. The van der Waals surface area contributed by atoms with E-state index in [9.17, 15) is 0 Å². The number of aromatic nitrogens is 1. The Morgan fingerprint density at radius 3 is 2.63 bits per heavy atom. The molecule has 0 aliphatic carbocycles. The van der Waals surface area contributed by atoms with E-state index in [0.29, 0.717) is 12.0 Å². The second-order valence-corrected chi connectivity index (χ2v) is 6.33. The molecular weight excluding hydrogens is 256 g/mol. The molecule has 0 spiro atoms. The third-order valence-corrected chi connectivity index (χ3v) is 4.61. The van der Waals surface area contributed by atoms with Gasteiger partial charge in [0.1, 0.15) is 5.01 Å². The maximum Gasteiger partial charge on any atom is 0.111 e. The van der Waals surface area contributed by atoms with E-state index in [1.165, 1.54) is 4.70 Å². The molecular formula is C15H22N2OS. The average molecular weight is 278 g/mol. The van der Waals surface area contributed by atoms with Crippen LogP contribution in [0.2, 0.25) is 0 Å². The summed E-state index contributed by atoms with van der Waals surface area (Å²) in [6, 6.07) is 8.77. The third-order valence-electron chi connectivity index (χ3n) is 3.39. The van der Waals surface area contributed by atoms with Gasteiger partial charge < -0.3 is 10.4 Å². The summed E-state index contributed by atoms with van der Waals surface area (Å²) in [5.41, 5.74) is 1.07. The first-order valence-corrected chi connectivity index (χ1v) is 7.66. The van der Waals surface area contributed by atoms with Crippen molar-refractivity contribution in [2.45, 2.75) is 39.3 Å². The van der Waals surface area contributed by atoms with Gasteiger partial charge in [-0.2, -0.15) is 0 Å². The summed E-state index contributed by atoms with van der Waals surface area (Å²) in [6.45, 7) is 6.73. The van der Waals surface area contributed by atoms with Crippen LogP contribution in [0.5, 0.6) is 0 Å². The Hall–Kier alpha value is -0.970. The maximum atomic E-state index is 9.13. The van der Waals surface area contributed by atoms with Crippen molar-refractivity contribution in [3.8, 4) is 0 Å². The first kappa shape index (κ1) is 14.4. The first-order chi connectivity index (χ1) is 9.11. The minimum Gasteiger partial charge on any atom is -0.396 e. The number of thiazole rings is 1. The van der Waals surface area contributed by atoms with Crippen LogP contribution in [-0.4, -0.2) is 22.7 Å². The number of benzene rings is 1. The molecule has 104 valence electrons. The van der Waals surface area contributed by atoms with Crippen LogP contribution in [0, 0.1) is 5.92 Å². The minimum atomic E-state index is 0.219. The molecule has 0 aliphatic heterocycles. The molecule has 0 amide bonds. The van der Waals surface area contributed by atoms with Crippen LogP contribution >= 0.6 is 11.3 Å². The molecule has 0 bridgehead atoms. The van der Waals surface area contributed by atoms with Crippen LogP contribution in [-0.2, 0) is 0 Å². The molecule has 2 atom stereocenters. The number of nitrogens with one attached hydrogen (secondary N) is 1. The zero-order valence-corrected chi connectivity index (χ0v) is 12.6. The Kier molecular flexibility index (Phi) is 4.91. The fourth-order valence-electron chi connectivity index (χ4n) is 2.22. The SMILES string of the molecule is CC(NC(CCO)C(C)C)c1nc2ccccc2s1. The smallest absolute Gasteiger partial charge is 0.111 e. The second-order valence-electron chi connectivity index (χ2n) is 5.27. The van der Waals surface area contributed by atoms with Crippen molar-refractivity contribution in [1.82, 2.24) is 10.3 Å². The van der Waals surface area contributed by atoms with Crippen LogP contribution < -0.4 is 5.32 Å². The number of hydrogen-bond donors (Lipinski definition) is 2. The highest BCUT2D eigenvalue weighted by atomic mass is 32.1. The number of para-hydroxylation sites is 1. The van der Waals surface area contributed by atoms with E-state index in [1.807, 2.05) is 12.1 Å². The van der Waals surface area contributed by atoms with Gasteiger partial charge >= 0.3 is 0 Å². The molecule has 2 aromatic rings. The van der Waals surface area contributed by atoms with Crippen LogP contribution in [0.3, 0.4) is 0 Å². The molecule has 0 saturated heterocycles. The maximum absolute atomic E-state index is 9.13. The average Bonchev–Trinajstić information content (AvgIpc) is 2.81. The Balaban J connectivity index is 2.11. The van der Waals surface area contributed by atoms with Crippen molar-refractivity contribution in [2.24, 2.45) is 5.92 Å². The van der Waals surface area contributed by atoms with E-state index in [-0.39, 0.29) is 12.6 Å². The van der Waals surface area contributed by atoms with Gasteiger partial charge in [-0.1, -0.05) is 26.0 Å². The molecule has 19 heavy (non-hydrogen) atoms. The summed E-state index contributed by atoms with van der Waals surface area (Å²) in [5.74, 6) is 0.504. The molecule has 0 radical (unpaired) electrons. The summed E-state index contributed by atoms with van der Waals surface area (Å²) >= 11 is 1.74. The van der Waals surface area contributed by atoms with Gasteiger partial charge in [0.15, 0.2) is 0 Å². The van der Waals surface area contributed by atoms with Gasteiger partial charge in [0.25, 0.3) is 0 Å². The highest BCUT2D eigenvalue weighted by Gasteiger charge is 2.18. The van der Waals surface area contributed by atoms with Gasteiger partial charge in [0.05, 0.1) is 16.3 Å². The summed E-state index contributed by atoms with van der Waals surface area (Å²) in [6.07, 6.45) is 0.785. The Morgan fingerprint density at radius 2 is 2.00 bits per heavy atom. The molecule has 1 aromatic carbocycles. The topological polar surface area (TPSA) is 45.1 Å². The third kappa shape index (κ3) is 3.53. The lowest BCUT2D eigenvalue weighted by Gasteiger charge is -2.24. The van der Waals surface area contributed by atoms with Gasteiger partial charge in [-0.05, 0) is 31.4 Å². The van der Waals surface area contributed by atoms with Gasteiger partial charge in [-0.25, -0.2) is 4.98 Å². The van der Waals surface area contributed by atoms with Crippen LogP contribution in [0.4, 0.5) is 0 Å². The standard InChI is InChI=1S/C15H22N2OS/c1-10(2)12(8-9-18)16-11(3)15-17-13-6-4-5-7-14(13)19-15/h4-7,10-12,16,18H,8-9H2,1-3H3. The second kappa shape index (κ2) is 6.46. The Labute approximate surface area is 118 Å². The number of rotatable bonds is 6. The van der Waals surface area contributed by atoms with Crippen molar-refractivity contribution < 1.29 is 5.11 Å². The fraction of sp³-hybridized carbons (Fsp3) is 0.533. The van der Waals surface area contributed by atoms with Crippen LogP contribution in [0.1, 0.15) is 38.2 Å². The van der Waals surface area contributed by atoms with E-state index in [4.69, 9.17) is 5.11 Å². The van der Waals surface area contributed by atoms with Gasteiger partial charge in [0.2, 0.25) is 0 Å². The lowest BCUT2D eigenvalue weighted by atomic mass is 10.0.